The van der Waals surface area contributed by atoms with Gasteiger partial charge in [0, 0.05) is 36.2 Å². The largest absolute Gasteiger partial charge is 0.505 e. The lowest BCUT2D eigenvalue weighted by atomic mass is 9.95. The first-order chi connectivity index (χ1) is 14.5. The van der Waals surface area contributed by atoms with E-state index in [0.29, 0.717) is 12.1 Å². The van der Waals surface area contributed by atoms with E-state index >= 15 is 0 Å². The number of benzene rings is 2. The molecule has 3 aromatic rings. The van der Waals surface area contributed by atoms with Crippen molar-refractivity contribution < 1.29 is 19.4 Å². The van der Waals surface area contributed by atoms with Crippen LogP contribution in [0.2, 0.25) is 0 Å². The van der Waals surface area contributed by atoms with Gasteiger partial charge in [-0.15, -0.1) is 0 Å². The highest BCUT2D eigenvalue weighted by molar-refractivity contribution is 6.14. The van der Waals surface area contributed by atoms with Crippen molar-refractivity contribution >= 4 is 28.5 Å². The van der Waals surface area contributed by atoms with E-state index < -0.39 is 5.97 Å². The number of aromatic hydroxyl groups is 1. The molecule has 0 unspecified atom stereocenters. The quantitative estimate of drug-likeness (QED) is 0.511. The highest BCUT2D eigenvalue weighted by Gasteiger charge is 2.26. The number of nitrogens with one attached hydrogen (secondary N) is 1. The van der Waals surface area contributed by atoms with Gasteiger partial charge >= 0.3 is 5.97 Å². The van der Waals surface area contributed by atoms with Crippen LogP contribution in [0.5, 0.6) is 5.75 Å². The van der Waals surface area contributed by atoms with Gasteiger partial charge in [-0.2, -0.15) is 0 Å². The molecule has 4 rings (SSSR count). The monoisotopic (exact) mass is 405 g/mol. The highest BCUT2D eigenvalue weighted by atomic mass is 16.5. The van der Waals surface area contributed by atoms with Crippen LogP contribution >= 0.6 is 0 Å². The van der Waals surface area contributed by atoms with Crippen molar-refractivity contribution in [2.75, 3.05) is 25.5 Å². The fourth-order valence-corrected chi connectivity index (χ4v) is 3.88. The van der Waals surface area contributed by atoms with Crippen LogP contribution in [-0.2, 0) is 17.7 Å². The number of ether oxygens (including phenoxy) is 1. The number of pyridine rings is 1. The van der Waals surface area contributed by atoms with Gasteiger partial charge in [-0.1, -0.05) is 31.2 Å². The van der Waals surface area contributed by atoms with E-state index in [1.54, 1.807) is 12.1 Å². The summed E-state index contributed by atoms with van der Waals surface area (Å²) in [7, 11) is 1.24. The molecule has 7 nitrogen and oxygen atoms in total. The number of phenolic OH excluding ortho intramolecular Hbond substituents is 1. The Balaban J connectivity index is 1.80. The lowest BCUT2D eigenvalue weighted by Crippen LogP contribution is -2.33. The van der Waals surface area contributed by atoms with Crippen molar-refractivity contribution in [1.29, 1.82) is 0 Å². The zero-order valence-electron chi connectivity index (χ0n) is 16.9. The third-order valence-electron chi connectivity index (χ3n) is 5.49. The van der Waals surface area contributed by atoms with Gasteiger partial charge in [0.2, 0.25) is 0 Å². The van der Waals surface area contributed by atoms with Crippen LogP contribution in [0, 0.1) is 0 Å². The molecular formula is C23H23N3O4. The van der Waals surface area contributed by atoms with Crippen LogP contribution in [-0.4, -0.2) is 47.1 Å². The number of fused-ring (bicyclic) bond motifs is 2. The molecule has 0 saturated heterocycles. The Bertz CT molecular complexity index is 1140. The fraction of sp³-hybridized carbons (Fsp3) is 0.261. The Morgan fingerprint density at radius 2 is 2.00 bits per heavy atom. The zero-order chi connectivity index (χ0) is 21.3. The summed E-state index contributed by atoms with van der Waals surface area (Å²) in [4.78, 5) is 32.3. The second-order valence-corrected chi connectivity index (χ2v) is 7.20. The average molecular weight is 405 g/mol. The first-order valence-corrected chi connectivity index (χ1v) is 9.88. The van der Waals surface area contributed by atoms with Gasteiger partial charge in [0.25, 0.3) is 5.91 Å². The maximum Gasteiger partial charge on any atom is 0.341 e. The smallest absolute Gasteiger partial charge is 0.341 e. The number of phenols is 1. The molecule has 30 heavy (non-hydrogen) atoms. The Morgan fingerprint density at radius 3 is 2.77 bits per heavy atom. The molecule has 1 aliphatic rings. The van der Waals surface area contributed by atoms with Gasteiger partial charge < -0.3 is 15.2 Å². The minimum atomic E-state index is -0.672. The van der Waals surface area contributed by atoms with Crippen molar-refractivity contribution in [3.05, 3.63) is 64.8 Å². The number of hydrogen-bond acceptors (Lipinski definition) is 6. The summed E-state index contributed by atoms with van der Waals surface area (Å²) < 4.78 is 4.69. The van der Waals surface area contributed by atoms with E-state index in [0.717, 1.165) is 41.7 Å². The summed E-state index contributed by atoms with van der Waals surface area (Å²) in [5.74, 6) is -1.34. The second-order valence-electron chi connectivity index (χ2n) is 7.20. The molecule has 2 N–H and O–H groups in total. The topological polar surface area (TPSA) is 91.8 Å². The maximum absolute atomic E-state index is 13.4. The number of likely N-dealkylation sites (N-methyl/N-ethyl adjacent to an activating group) is 1. The molecule has 1 aromatic heterocycles. The number of para-hydroxylation sites is 2. The summed E-state index contributed by atoms with van der Waals surface area (Å²) >= 11 is 0. The molecule has 0 bridgehead atoms. The molecule has 0 spiro atoms. The SMILES string of the molecule is CCN1CCc2nc3ccccc3c(C(=O)Nc3cccc(C(=O)OC)c3O)c2C1. The number of nitrogens with zero attached hydrogens (tertiary/aromatic N) is 2. The number of esters is 1. The number of aromatic nitrogens is 1. The van der Waals surface area contributed by atoms with E-state index in [4.69, 9.17) is 9.72 Å². The molecule has 7 heteroatoms. The van der Waals surface area contributed by atoms with Gasteiger partial charge in [0.15, 0.2) is 5.75 Å². The second kappa shape index (κ2) is 8.12. The number of carbonyl (C=O) groups is 2. The number of methoxy groups -OCH3 is 1. The standard InChI is InChI=1S/C23H23N3O4/c1-3-26-12-11-18-16(13-26)20(14-7-4-5-9-17(14)24-18)22(28)25-19-10-6-8-15(21(19)27)23(29)30-2/h4-10,27H,3,11-13H2,1-2H3,(H,25,28). The summed E-state index contributed by atoms with van der Waals surface area (Å²) in [6.45, 7) is 4.52. The van der Waals surface area contributed by atoms with Crippen LogP contribution in [0.15, 0.2) is 42.5 Å². The molecule has 1 amide bonds. The first-order valence-electron chi connectivity index (χ1n) is 9.88. The molecule has 0 aliphatic carbocycles. The number of hydrogen-bond donors (Lipinski definition) is 2. The molecule has 0 radical (unpaired) electrons. The van der Waals surface area contributed by atoms with E-state index in [9.17, 15) is 14.7 Å². The lowest BCUT2D eigenvalue weighted by Gasteiger charge is -2.29. The summed E-state index contributed by atoms with van der Waals surface area (Å²) in [6, 6.07) is 12.1. The average Bonchev–Trinajstić information content (AvgIpc) is 2.77. The van der Waals surface area contributed by atoms with Gasteiger partial charge in [0.1, 0.15) is 5.56 Å². The number of anilines is 1. The Labute approximate surface area is 174 Å². The van der Waals surface area contributed by atoms with E-state index in [2.05, 4.69) is 17.1 Å². The number of rotatable bonds is 4. The number of carbonyl (C=O) groups excluding carboxylic acids is 2. The summed E-state index contributed by atoms with van der Waals surface area (Å²) in [5.41, 5.74) is 3.30. The molecule has 2 aromatic carbocycles. The molecule has 1 aliphatic heterocycles. The van der Waals surface area contributed by atoms with Crippen LogP contribution in [0.25, 0.3) is 10.9 Å². The van der Waals surface area contributed by atoms with E-state index in [-0.39, 0.29) is 22.9 Å². The Kier molecular flexibility index (Phi) is 5.37. The lowest BCUT2D eigenvalue weighted by molar-refractivity contribution is 0.0597. The summed E-state index contributed by atoms with van der Waals surface area (Å²) in [5, 5.41) is 14.0. The van der Waals surface area contributed by atoms with Gasteiger partial charge in [-0.3, -0.25) is 14.7 Å². The van der Waals surface area contributed by atoms with Gasteiger partial charge in [-0.25, -0.2) is 4.79 Å². The fourth-order valence-electron chi connectivity index (χ4n) is 3.88. The molecule has 0 atom stereocenters. The number of amides is 1. The highest BCUT2D eigenvalue weighted by Crippen LogP contribution is 2.32. The molecule has 0 saturated carbocycles. The van der Waals surface area contributed by atoms with Crippen molar-refractivity contribution in [2.24, 2.45) is 0 Å². The molecule has 2 heterocycles. The third-order valence-corrected chi connectivity index (χ3v) is 5.49. The van der Waals surface area contributed by atoms with Crippen molar-refractivity contribution in [1.82, 2.24) is 9.88 Å². The third kappa shape index (κ3) is 3.48. The van der Waals surface area contributed by atoms with E-state index in [1.807, 2.05) is 24.3 Å². The van der Waals surface area contributed by atoms with Gasteiger partial charge in [0.05, 0.1) is 23.9 Å². The van der Waals surface area contributed by atoms with Crippen molar-refractivity contribution in [2.45, 2.75) is 19.9 Å². The molecular weight excluding hydrogens is 382 g/mol. The van der Waals surface area contributed by atoms with Crippen molar-refractivity contribution in [3.63, 3.8) is 0 Å². The predicted octanol–water partition coefficient (Wildman–Crippen LogP) is 3.36. The molecule has 0 fully saturated rings. The van der Waals surface area contributed by atoms with Crippen molar-refractivity contribution in [3.8, 4) is 5.75 Å². The van der Waals surface area contributed by atoms with Crippen LogP contribution in [0.4, 0.5) is 5.69 Å². The maximum atomic E-state index is 13.4. The normalized spacial score (nSPS) is 13.7. The minimum absolute atomic E-state index is 0.00549. The minimum Gasteiger partial charge on any atom is -0.505 e. The zero-order valence-corrected chi connectivity index (χ0v) is 16.9. The first kappa shape index (κ1) is 19.8. The Hall–Kier alpha value is -3.45. The van der Waals surface area contributed by atoms with Crippen LogP contribution in [0.1, 0.15) is 38.9 Å². The molecule has 154 valence electrons. The van der Waals surface area contributed by atoms with Crippen LogP contribution in [0.3, 0.4) is 0 Å². The van der Waals surface area contributed by atoms with Gasteiger partial charge in [-0.05, 0) is 24.7 Å². The van der Waals surface area contributed by atoms with Crippen LogP contribution < -0.4 is 5.32 Å². The Morgan fingerprint density at radius 1 is 1.20 bits per heavy atom. The predicted molar refractivity (Wildman–Crippen MR) is 114 cm³/mol. The summed E-state index contributed by atoms with van der Waals surface area (Å²) in [6.07, 6.45) is 0.775. The van der Waals surface area contributed by atoms with E-state index in [1.165, 1.54) is 13.2 Å².